The van der Waals surface area contributed by atoms with E-state index in [1.54, 1.807) is 18.7 Å². The summed E-state index contributed by atoms with van der Waals surface area (Å²) in [7, 11) is 3.34. The highest BCUT2D eigenvalue weighted by molar-refractivity contribution is 7.99. The van der Waals surface area contributed by atoms with E-state index >= 15 is 0 Å². The molecule has 152 valence electrons. The molecule has 1 N–H and O–H groups in total. The van der Waals surface area contributed by atoms with Gasteiger partial charge < -0.3 is 14.6 Å². The molecule has 0 bridgehead atoms. The fraction of sp³-hybridized carbons (Fsp3) is 0.211. The first-order valence-corrected chi connectivity index (χ1v) is 9.40. The monoisotopic (exact) mass is 422 g/mol. The van der Waals surface area contributed by atoms with Crippen LogP contribution in [-0.2, 0) is 18.0 Å². The van der Waals surface area contributed by atoms with Crippen LogP contribution in [0.4, 0.5) is 18.9 Å². The van der Waals surface area contributed by atoms with Crippen molar-refractivity contribution in [2.45, 2.75) is 11.3 Å². The van der Waals surface area contributed by atoms with Crippen LogP contribution in [0.3, 0.4) is 0 Å². The first-order valence-electron chi connectivity index (χ1n) is 8.41. The third-order valence-electron chi connectivity index (χ3n) is 3.97. The molecule has 0 aliphatic carbocycles. The summed E-state index contributed by atoms with van der Waals surface area (Å²) in [6.07, 6.45) is -4.47. The Hall–Kier alpha value is -3.01. The van der Waals surface area contributed by atoms with Crippen molar-refractivity contribution in [3.63, 3.8) is 0 Å². The zero-order valence-electron chi connectivity index (χ0n) is 15.5. The lowest BCUT2D eigenvalue weighted by Gasteiger charge is -2.10. The minimum atomic E-state index is -4.47. The van der Waals surface area contributed by atoms with Crippen molar-refractivity contribution in [1.29, 1.82) is 0 Å². The smallest absolute Gasteiger partial charge is 0.416 e. The van der Waals surface area contributed by atoms with Gasteiger partial charge >= 0.3 is 6.18 Å². The predicted octanol–water partition coefficient (Wildman–Crippen LogP) is 4.24. The molecule has 0 saturated carbocycles. The molecule has 1 aromatic heterocycles. The van der Waals surface area contributed by atoms with Gasteiger partial charge in [-0.2, -0.15) is 13.2 Å². The number of nitrogens with one attached hydrogen (secondary N) is 1. The highest BCUT2D eigenvalue weighted by Gasteiger charge is 2.30. The zero-order valence-corrected chi connectivity index (χ0v) is 16.3. The van der Waals surface area contributed by atoms with E-state index in [4.69, 9.17) is 4.74 Å². The molecular formula is C19H17F3N4O2S. The average Bonchev–Trinajstić information content (AvgIpc) is 3.06. The number of thioether (sulfide) groups is 1. The number of benzene rings is 2. The minimum Gasteiger partial charge on any atom is -0.497 e. The maximum absolute atomic E-state index is 12.8. The Labute approximate surface area is 169 Å². The number of aromatic nitrogens is 3. The number of hydrogen-bond donors (Lipinski definition) is 1. The summed E-state index contributed by atoms with van der Waals surface area (Å²) >= 11 is 1.13. The number of carbonyl (C=O) groups is 1. The molecule has 3 rings (SSSR count). The molecule has 0 saturated heterocycles. The maximum atomic E-state index is 12.8. The highest BCUT2D eigenvalue weighted by atomic mass is 32.2. The minimum absolute atomic E-state index is 0.0275. The van der Waals surface area contributed by atoms with Gasteiger partial charge in [-0.1, -0.05) is 30.0 Å². The van der Waals surface area contributed by atoms with Crippen LogP contribution in [0, 0.1) is 0 Å². The van der Waals surface area contributed by atoms with E-state index in [1.165, 1.54) is 12.1 Å². The summed E-state index contributed by atoms with van der Waals surface area (Å²) in [4.78, 5) is 12.1. The normalized spacial score (nSPS) is 11.3. The number of rotatable bonds is 6. The third-order valence-corrected chi connectivity index (χ3v) is 4.99. The van der Waals surface area contributed by atoms with Gasteiger partial charge in [0, 0.05) is 18.3 Å². The Morgan fingerprint density at radius 3 is 2.66 bits per heavy atom. The van der Waals surface area contributed by atoms with Crippen LogP contribution in [0.25, 0.3) is 11.4 Å². The molecule has 0 atom stereocenters. The van der Waals surface area contributed by atoms with Gasteiger partial charge in [0.2, 0.25) is 5.91 Å². The Kier molecular flexibility index (Phi) is 6.12. The molecule has 0 radical (unpaired) electrons. The molecule has 0 spiro atoms. The third kappa shape index (κ3) is 5.08. The summed E-state index contributed by atoms with van der Waals surface area (Å²) in [6, 6.07) is 11.8. The fourth-order valence-electron chi connectivity index (χ4n) is 2.55. The van der Waals surface area contributed by atoms with E-state index < -0.39 is 17.6 Å². The van der Waals surface area contributed by atoms with E-state index in [9.17, 15) is 18.0 Å². The van der Waals surface area contributed by atoms with Crippen molar-refractivity contribution in [2.24, 2.45) is 7.05 Å². The SMILES string of the molecule is COc1cccc(-c2nnc(SCC(=O)Nc3cccc(C(F)(F)F)c3)n2C)c1. The summed E-state index contributed by atoms with van der Waals surface area (Å²) in [6.45, 7) is 0. The van der Waals surface area contributed by atoms with Crippen LogP contribution in [0.15, 0.2) is 53.7 Å². The van der Waals surface area contributed by atoms with Crippen LogP contribution >= 0.6 is 11.8 Å². The number of amides is 1. The first kappa shape index (κ1) is 20.7. The molecular weight excluding hydrogens is 405 g/mol. The molecule has 6 nitrogen and oxygen atoms in total. The molecule has 0 aliphatic heterocycles. The molecule has 0 fully saturated rings. The number of ether oxygens (including phenoxy) is 1. The second-order valence-corrected chi connectivity index (χ2v) is 6.96. The van der Waals surface area contributed by atoms with Crippen LogP contribution in [0.5, 0.6) is 5.75 Å². The van der Waals surface area contributed by atoms with E-state index in [2.05, 4.69) is 15.5 Å². The second-order valence-electron chi connectivity index (χ2n) is 6.01. The van der Waals surface area contributed by atoms with Gasteiger partial charge in [0.1, 0.15) is 5.75 Å². The van der Waals surface area contributed by atoms with Gasteiger partial charge in [-0.3, -0.25) is 4.79 Å². The maximum Gasteiger partial charge on any atom is 0.416 e. The Balaban J connectivity index is 1.65. The van der Waals surface area contributed by atoms with Gasteiger partial charge in [-0.05, 0) is 30.3 Å². The lowest BCUT2D eigenvalue weighted by atomic mass is 10.2. The van der Waals surface area contributed by atoms with Crippen molar-refractivity contribution in [3.05, 3.63) is 54.1 Å². The molecule has 29 heavy (non-hydrogen) atoms. The van der Waals surface area contributed by atoms with Crippen molar-refractivity contribution < 1.29 is 22.7 Å². The van der Waals surface area contributed by atoms with E-state index in [0.29, 0.717) is 16.7 Å². The summed E-state index contributed by atoms with van der Waals surface area (Å²) in [5.41, 5.74) is 0.0688. The van der Waals surface area contributed by atoms with Crippen LogP contribution < -0.4 is 10.1 Å². The molecule has 3 aromatic rings. The lowest BCUT2D eigenvalue weighted by Crippen LogP contribution is -2.15. The van der Waals surface area contributed by atoms with E-state index in [0.717, 1.165) is 29.5 Å². The number of halogens is 3. The number of methoxy groups -OCH3 is 1. The van der Waals surface area contributed by atoms with Crippen LogP contribution in [0.2, 0.25) is 0 Å². The zero-order chi connectivity index (χ0) is 21.0. The van der Waals surface area contributed by atoms with E-state index in [-0.39, 0.29) is 11.4 Å². The number of nitrogens with zero attached hydrogens (tertiary/aromatic N) is 3. The highest BCUT2D eigenvalue weighted by Crippen LogP contribution is 2.31. The van der Waals surface area contributed by atoms with Gasteiger partial charge in [-0.25, -0.2) is 0 Å². The Morgan fingerprint density at radius 1 is 1.17 bits per heavy atom. The molecule has 1 amide bonds. The van der Waals surface area contributed by atoms with Gasteiger partial charge in [-0.15, -0.1) is 10.2 Å². The number of carbonyl (C=O) groups excluding carboxylic acids is 1. The lowest BCUT2D eigenvalue weighted by molar-refractivity contribution is -0.137. The molecule has 1 heterocycles. The van der Waals surface area contributed by atoms with Gasteiger partial charge in [0.15, 0.2) is 11.0 Å². The van der Waals surface area contributed by atoms with Crippen molar-refractivity contribution in [1.82, 2.24) is 14.8 Å². The fourth-order valence-corrected chi connectivity index (χ4v) is 3.27. The Bertz CT molecular complexity index is 1020. The standard InChI is InChI=1S/C19H17F3N4O2S/c1-26-17(12-5-3-8-15(9-12)28-2)24-25-18(26)29-11-16(27)23-14-7-4-6-13(10-14)19(20,21)22/h3-10H,11H2,1-2H3,(H,23,27). The topological polar surface area (TPSA) is 69.0 Å². The average molecular weight is 422 g/mol. The molecule has 10 heteroatoms. The summed E-state index contributed by atoms with van der Waals surface area (Å²) < 4.78 is 45.2. The number of alkyl halides is 3. The summed E-state index contributed by atoms with van der Waals surface area (Å²) in [5, 5.41) is 11.2. The first-order chi connectivity index (χ1) is 13.8. The molecule has 0 aliphatic rings. The van der Waals surface area contributed by atoms with Crippen molar-refractivity contribution >= 4 is 23.4 Å². The Morgan fingerprint density at radius 2 is 1.93 bits per heavy atom. The quantitative estimate of drug-likeness (QED) is 0.602. The predicted molar refractivity (Wildman–Crippen MR) is 104 cm³/mol. The van der Waals surface area contributed by atoms with Gasteiger partial charge in [0.05, 0.1) is 18.4 Å². The second kappa shape index (κ2) is 8.56. The molecule has 2 aromatic carbocycles. The number of anilines is 1. The number of hydrogen-bond acceptors (Lipinski definition) is 5. The van der Waals surface area contributed by atoms with Crippen molar-refractivity contribution in [2.75, 3.05) is 18.2 Å². The van der Waals surface area contributed by atoms with E-state index in [1.807, 2.05) is 24.3 Å². The molecule has 0 unspecified atom stereocenters. The summed E-state index contributed by atoms with van der Waals surface area (Å²) in [5.74, 6) is 0.811. The van der Waals surface area contributed by atoms with Crippen LogP contribution in [-0.4, -0.2) is 33.5 Å². The van der Waals surface area contributed by atoms with Gasteiger partial charge in [0.25, 0.3) is 0 Å². The van der Waals surface area contributed by atoms with Crippen LogP contribution in [0.1, 0.15) is 5.56 Å². The van der Waals surface area contributed by atoms with Crippen molar-refractivity contribution in [3.8, 4) is 17.1 Å². The largest absolute Gasteiger partial charge is 0.497 e.